The van der Waals surface area contributed by atoms with Gasteiger partial charge in [-0.2, -0.15) is 11.8 Å². The second-order valence-electron chi connectivity index (χ2n) is 7.14. The van der Waals surface area contributed by atoms with Crippen molar-refractivity contribution in [3.05, 3.63) is 83.3 Å². The lowest BCUT2D eigenvalue weighted by Gasteiger charge is -2.24. The van der Waals surface area contributed by atoms with Crippen LogP contribution in [0.15, 0.2) is 76.2 Å². The monoisotopic (exact) mass is 492 g/mol. The Hall–Kier alpha value is -2.42. The summed E-state index contributed by atoms with van der Waals surface area (Å²) < 4.78 is 33.0. The van der Waals surface area contributed by atoms with Crippen LogP contribution in [0.4, 0.5) is 5.69 Å². The van der Waals surface area contributed by atoms with Gasteiger partial charge in [0, 0.05) is 11.6 Å². The van der Waals surface area contributed by atoms with E-state index in [-0.39, 0.29) is 17.3 Å². The van der Waals surface area contributed by atoms with Gasteiger partial charge in [0.25, 0.3) is 10.0 Å². The van der Waals surface area contributed by atoms with E-state index in [2.05, 4.69) is 5.32 Å². The summed E-state index contributed by atoms with van der Waals surface area (Å²) in [6.45, 7) is 2.07. The smallest absolute Gasteiger partial charge is 0.264 e. The second kappa shape index (κ2) is 11.4. The first-order chi connectivity index (χ1) is 15.4. The Balaban J connectivity index is 1.61. The maximum Gasteiger partial charge on any atom is 0.264 e. The van der Waals surface area contributed by atoms with Crippen LogP contribution in [0.3, 0.4) is 0 Å². The van der Waals surface area contributed by atoms with Crippen LogP contribution < -0.4 is 9.62 Å². The molecule has 6 nitrogen and oxygen atoms in total. The molecule has 1 amide bonds. The fourth-order valence-corrected chi connectivity index (χ4v) is 5.32. The number of nitrogens with one attached hydrogen (secondary N) is 1. The molecular weight excluding hydrogens is 468 g/mol. The summed E-state index contributed by atoms with van der Waals surface area (Å²) >= 11 is 7.62. The fourth-order valence-electron chi connectivity index (χ4n) is 2.92. The summed E-state index contributed by atoms with van der Waals surface area (Å²) in [6.07, 6.45) is 2.42. The van der Waals surface area contributed by atoms with Gasteiger partial charge in [-0.1, -0.05) is 29.3 Å². The number of amides is 1. The molecule has 1 heterocycles. The summed E-state index contributed by atoms with van der Waals surface area (Å²) in [6, 6.07) is 16.7. The molecule has 32 heavy (non-hydrogen) atoms. The lowest BCUT2D eigenvalue weighted by atomic mass is 10.2. The Labute approximate surface area is 198 Å². The molecule has 170 valence electrons. The molecule has 0 unspecified atom stereocenters. The number of furan rings is 1. The van der Waals surface area contributed by atoms with Gasteiger partial charge in [0.1, 0.15) is 12.3 Å². The Kier molecular flexibility index (Phi) is 8.67. The van der Waals surface area contributed by atoms with Gasteiger partial charge < -0.3 is 9.73 Å². The quantitative estimate of drug-likeness (QED) is 0.386. The van der Waals surface area contributed by atoms with E-state index in [9.17, 15) is 13.2 Å². The van der Waals surface area contributed by atoms with Crippen LogP contribution in [0.5, 0.6) is 0 Å². The molecule has 0 fully saturated rings. The van der Waals surface area contributed by atoms with Crippen molar-refractivity contribution in [2.24, 2.45) is 0 Å². The first kappa shape index (κ1) is 24.2. The number of rotatable bonds is 11. The van der Waals surface area contributed by atoms with Crippen molar-refractivity contribution in [1.82, 2.24) is 5.32 Å². The molecule has 0 bridgehead atoms. The SMILES string of the molecule is Cc1ccc(N(CC(=O)NCCCSCc2ccco2)S(=O)(=O)c2ccc(Cl)cc2)cc1. The molecule has 3 aromatic rings. The number of carbonyl (C=O) groups is 1. The highest BCUT2D eigenvalue weighted by molar-refractivity contribution is 7.98. The highest BCUT2D eigenvalue weighted by Gasteiger charge is 2.27. The summed E-state index contributed by atoms with van der Waals surface area (Å²) in [4.78, 5) is 12.7. The average molecular weight is 493 g/mol. The van der Waals surface area contributed by atoms with E-state index in [0.717, 1.165) is 33.6 Å². The molecule has 1 N–H and O–H groups in total. The Bertz CT molecular complexity index is 1100. The second-order valence-corrected chi connectivity index (χ2v) is 10.5. The van der Waals surface area contributed by atoms with Crippen molar-refractivity contribution >= 4 is 45.0 Å². The van der Waals surface area contributed by atoms with Crippen LogP contribution in [0.25, 0.3) is 0 Å². The van der Waals surface area contributed by atoms with Gasteiger partial charge in [0.2, 0.25) is 5.91 Å². The van der Waals surface area contributed by atoms with E-state index in [1.165, 1.54) is 24.3 Å². The zero-order valence-corrected chi connectivity index (χ0v) is 20.0. The molecular formula is C23H25ClN2O4S2. The van der Waals surface area contributed by atoms with Gasteiger partial charge in [-0.3, -0.25) is 9.10 Å². The van der Waals surface area contributed by atoms with Crippen molar-refractivity contribution in [2.45, 2.75) is 24.0 Å². The highest BCUT2D eigenvalue weighted by atomic mass is 35.5. The normalized spacial score (nSPS) is 11.3. The first-order valence-corrected chi connectivity index (χ1v) is 13.1. The van der Waals surface area contributed by atoms with E-state index in [4.69, 9.17) is 16.0 Å². The topological polar surface area (TPSA) is 79.6 Å². The van der Waals surface area contributed by atoms with Gasteiger partial charge in [-0.15, -0.1) is 0 Å². The number of benzene rings is 2. The zero-order chi connectivity index (χ0) is 23.0. The average Bonchev–Trinajstić information content (AvgIpc) is 3.29. The van der Waals surface area contributed by atoms with E-state index in [0.29, 0.717) is 17.3 Å². The summed E-state index contributed by atoms with van der Waals surface area (Å²) in [5.74, 6) is 2.19. The minimum absolute atomic E-state index is 0.0737. The molecule has 0 aliphatic heterocycles. The van der Waals surface area contributed by atoms with Gasteiger partial charge in [0.15, 0.2) is 0 Å². The number of hydrogen-bond donors (Lipinski definition) is 1. The molecule has 3 rings (SSSR count). The number of sulfonamides is 1. The molecule has 0 aliphatic carbocycles. The molecule has 0 saturated heterocycles. The molecule has 0 aliphatic rings. The zero-order valence-electron chi connectivity index (χ0n) is 17.7. The third-order valence-corrected chi connectivity index (χ3v) is 7.73. The lowest BCUT2D eigenvalue weighted by molar-refractivity contribution is -0.119. The molecule has 0 radical (unpaired) electrons. The van der Waals surface area contributed by atoms with Crippen molar-refractivity contribution in [3.8, 4) is 0 Å². The third kappa shape index (κ3) is 6.79. The molecule has 0 saturated carbocycles. The van der Waals surface area contributed by atoms with Crippen LogP contribution in [0.1, 0.15) is 17.7 Å². The predicted octanol–water partition coefficient (Wildman–Crippen LogP) is 4.88. The molecule has 9 heteroatoms. The number of halogens is 1. The Morgan fingerprint density at radius 3 is 2.47 bits per heavy atom. The molecule has 0 spiro atoms. The van der Waals surface area contributed by atoms with Gasteiger partial charge in [0.05, 0.1) is 22.6 Å². The van der Waals surface area contributed by atoms with Crippen LogP contribution in [-0.4, -0.2) is 33.2 Å². The van der Waals surface area contributed by atoms with Crippen LogP contribution in [0, 0.1) is 6.92 Å². The number of aryl methyl sites for hydroxylation is 1. The maximum atomic E-state index is 13.3. The van der Waals surface area contributed by atoms with E-state index < -0.39 is 10.0 Å². The summed E-state index contributed by atoms with van der Waals surface area (Å²) in [5, 5.41) is 3.26. The van der Waals surface area contributed by atoms with Crippen molar-refractivity contribution in [2.75, 3.05) is 23.1 Å². The molecule has 0 atom stereocenters. The highest BCUT2D eigenvalue weighted by Crippen LogP contribution is 2.25. The van der Waals surface area contributed by atoms with Gasteiger partial charge in [-0.25, -0.2) is 8.42 Å². The van der Waals surface area contributed by atoms with E-state index >= 15 is 0 Å². The number of thioether (sulfide) groups is 1. The minimum Gasteiger partial charge on any atom is -0.468 e. The predicted molar refractivity (Wildman–Crippen MR) is 130 cm³/mol. The van der Waals surface area contributed by atoms with Gasteiger partial charge >= 0.3 is 0 Å². The number of carbonyl (C=O) groups excluding carboxylic acids is 1. The fraction of sp³-hybridized carbons (Fsp3) is 0.261. The summed E-state index contributed by atoms with van der Waals surface area (Å²) in [5.41, 5.74) is 1.42. The molecule has 1 aromatic heterocycles. The van der Waals surface area contributed by atoms with E-state index in [1.807, 2.05) is 31.2 Å². The van der Waals surface area contributed by atoms with E-state index in [1.54, 1.807) is 30.2 Å². The van der Waals surface area contributed by atoms with Crippen molar-refractivity contribution in [1.29, 1.82) is 0 Å². The number of hydrogen-bond acceptors (Lipinski definition) is 5. The first-order valence-electron chi connectivity index (χ1n) is 10.1. The Morgan fingerprint density at radius 2 is 1.81 bits per heavy atom. The Morgan fingerprint density at radius 1 is 1.09 bits per heavy atom. The summed E-state index contributed by atoms with van der Waals surface area (Å²) in [7, 11) is -3.94. The van der Waals surface area contributed by atoms with Crippen LogP contribution in [0.2, 0.25) is 5.02 Å². The number of nitrogens with zero attached hydrogens (tertiary/aromatic N) is 1. The maximum absolute atomic E-state index is 13.3. The largest absolute Gasteiger partial charge is 0.468 e. The van der Waals surface area contributed by atoms with Crippen molar-refractivity contribution in [3.63, 3.8) is 0 Å². The van der Waals surface area contributed by atoms with Crippen LogP contribution >= 0.6 is 23.4 Å². The third-order valence-electron chi connectivity index (χ3n) is 4.62. The molecule has 2 aromatic carbocycles. The van der Waals surface area contributed by atoms with Gasteiger partial charge in [-0.05, 0) is 67.6 Å². The van der Waals surface area contributed by atoms with Crippen molar-refractivity contribution < 1.29 is 17.6 Å². The minimum atomic E-state index is -3.94. The van der Waals surface area contributed by atoms with Crippen LogP contribution in [-0.2, 0) is 20.6 Å². The lowest BCUT2D eigenvalue weighted by Crippen LogP contribution is -2.41. The number of anilines is 1. The standard InChI is InChI=1S/C23H25ClN2O4S2/c1-18-5-9-20(10-6-18)26(32(28,29)22-11-7-19(24)8-12-22)16-23(27)25-13-3-15-31-17-21-4-2-14-30-21/h2,4-12,14H,3,13,15-17H2,1H3,(H,25,27).